The van der Waals surface area contributed by atoms with Crippen LogP contribution in [0.3, 0.4) is 0 Å². The summed E-state index contributed by atoms with van der Waals surface area (Å²) >= 11 is 0. The quantitative estimate of drug-likeness (QED) is 0.533. The molecule has 0 radical (unpaired) electrons. The van der Waals surface area contributed by atoms with Gasteiger partial charge in [-0.2, -0.15) is 5.10 Å². The van der Waals surface area contributed by atoms with Gasteiger partial charge in [0.2, 0.25) is 0 Å². The third-order valence-corrected chi connectivity index (χ3v) is 4.15. The molecule has 1 aromatic carbocycles. The van der Waals surface area contributed by atoms with Gasteiger partial charge in [0, 0.05) is 38.4 Å². The van der Waals surface area contributed by atoms with Crippen molar-refractivity contribution in [1.82, 2.24) is 9.78 Å². The Morgan fingerprint density at radius 1 is 1.00 bits per heavy atom. The molecule has 0 aliphatic heterocycles. The van der Waals surface area contributed by atoms with Crippen molar-refractivity contribution in [1.29, 1.82) is 0 Å². The second-order valence-electron chi connectivity index (χ2n) is 6.51. The number of hydrogen-bond acceptors (Lipinski definition) is 1. The first kappa shape index (κ1) is 19.2. The Kier molecular flexibility index (Phi) is 7.06. The molecule has 0 bridgehead atoms. The van der Waals surface area contributed by atoms with Crippen LogP contribution in [0.5, 0.6) is 0 Å². The monoisotopic (exact) mass is 479 g/mol. The van der Waals surface area contributed by atoms with Crippen molar-refractivity contribution in [2.45, 2.75) is 65.8 Å². The van der Waals surface area contributed by atoms with E-state index in [1.807, 2.05) is 0 Å². The van der Waals surface area contributed by atoms with Crippen LogP contribution in [0.4, 0.5) is 0 Å². The first-order chi connectivity index (χ1) is 9.97. The summed E-state index contributed by atoms with van der Waals surface area (Å²) in [4.78, 5) is 0. The van der Waals surface area contributed by atoms with Crippen LogP contribution in [0.1, 0.15) is 77.2 Å². The number of rotatable bonds is 5. The van der Waals surface area contributed by atoms with E-state index in [0.717, 1.165) is 6.42 Å². The molecule has 1 atom stereocenters. The Hall–Kier alpha value is -0.882. The fourth-order valence-electron chi connectivity index (χ4n) is 2.83. The minimum Gasteiger partial charge on any atom is -0.266 e. The maximum absolute atomic E-state index is 4.97. The van der Waals surface area contributed by atoms with Crippen molar-refractivity contribution in [3.8, 4) is 11.1 Å². The Bertz CT molecular complexity index is 585. The maximum Gasteiger partial charge on any atom is 0.0731 e. The van der Waals surface area contributed by atoms with Crippen LogP contribution in [-0.4, -0.2) is 9.78 Å². The van der Waals surface area contributed by atoms with Gasteiger partial charge in [0.15, 0.2) is 0 Å². The molecule has 0 aliphatic rings. The Balaban J connectivity index is 0.00000242. The van der Waals surface area contributed by atoms with Crippen LogP contribution in [0.15, 0.2) is 30.3 Å². The average Bonchev–Trinajstić information content (AvgIpc) is 2.88. The van der Waals surface area contributed by atoms with Gasteiger partial charge in [-0.15, -0.1) is 0 Å². The SMILES string of the molecule is CCC(C)c1c(-c2ccccc2)c(C(C)C)nn1C(C)C.[Pt]. The Morgan fingerprint density at radius 3 is 2.05 bits per heavy atom. The van der Waals surface area contributed by atoms with Gasteiger partial charge in [0.05, 0.1) is 5.69 Å². The van der Waals surface area contributed by atoms with E-state index < -0.39 is 0 Å². The van der Waals surface area contributed by atoms with Gasteiger partial charge in [-0.3, -0.25) is 4.68 Å². The molecule has 1 unspecified atom stereocenters. The van der Waals surface area contributed by atoms with Crippen LogP contribution in [-0.2, 0) is 21.1 Å². The molecule has 0 saturated heterocycles. The van der Waals surface area contributed by atoms with Crippen molar-refractivity contribution in [3.63, 3.8) is 0 Å². The molecule has 0 saturated carbocycles. The average molecular weight is 480 g/mol. The van der Waals surface area contributed by atoms with Crippen molar-refractivity contribution < 1.29 is 21.1 Å². The van der Waals surface area contributed by atoms with Gasteiger partial charge in [-0.05, 0) is 37.7 Å². The van der Waals surface area contributed by atoms with Gasteiger partial charge in [-0.1, -0.05) is 58.0 Å². The van der Waals surface area contributed by atoms with Gasteiger partial charge in [0.1, 0.15) is 0 Å². The van der Waals surface area contributed by atoms with E-state index in [1.54, 1.807) is 0 Å². The normalized spacial score (nSPS) is 12.5. The predicted molar refractivity (Wildman–Crippen MR) is 90.8 cm³/mol. The molecule has 0 spiro atoms. The molecule has 0 N–H and O–H groups in total. The van der Waals surface area contributed by atoms with Crippen LogP contribution < -0.4 is 0 Å². The van der Waals surface area contributed by atoms with Crippen molar-refractivity contribution in [2.24, 2.45) is 0 Å². The smallest absolute Gasteiger partial charge is 0.0731 e. The van der Waals surface area contributed by atoms with E-state index in [1.165, 1.54) is 22.5 Å². The molecule has 2 nitrogen and oxygen atoms in total. The minimum absolute atomic E-state index is 0. The van der Waals surface area contributed by atoms with Crippen LogP contribution in [0, 0.1) is 0 Å². The molecule has 3 heteroatoms. The molecular formula is C19H28N2Pt. The molecular weight excluding hydrogens is 451 g/mol. The maximum atomic E-state index is 4.97. The second-order valence-corrected chi connectivity index (χ2v) is 6.51. The minimum atomic E-state index is 0. The molecule has 124 valence electrons. The summed E-state index contributed by atoms with van der Waals surface area (Å²) in [6.07, 6.45) is 1.13. The first-order valence-corrected chi connectivity index (χ1v) is 8.15. The molecule has 1 heterocycles. The van der Waals surface area contributed by atoms with Gasteiger partial charge < -0.3 is 0 Å². The Morgan fingerprint density at radius 2 is 1.59 bits per heavy atom. The summed E-state index contributed by atoms with van der Waals surface area (Å²) in [5, 5.41) is 4.97. The summed E-state index contributed by atoms with van der Waals surface area (Å²) in [6.45, 7) is 13.5. The summed E-state index contributed by atoms with van der Waals surface area (Å²) < 4.78 is 2.24. The zero-order chi connectivity index (χ0) is 15.6. The predicted octanol–water partition coefficient (Wildman–Crippen LogP) is 5.77. The third kappa shape index (κ3) is 3.71. The van der Waals surface area contributed by atoms with E-state index in [4.69, 9.17) is 5.10 Å². The largest absolute Gasteiger partial charge is 0.266 e. The molecule has 1 aromatic heterocycles. The topological polar surface area (TPSA) is 17.8 Å². The number of hydrogen-bond donors (Lipinski definition) is 0. The van der Waals surface area contributed by atoms with Gasteiger partial charge in [0.25, 0.3) is 0 Å². The van der Waals surface area contributed by atoms with Crippen LogP contribution >= 0.6 is 0 Å². The standard InChI is InChI=1S/C19H28N2.Pt/c1-7-15(6)19-17(16-11-9-8-10-12-16)18(13(2)3)20-21(19)14(4)5;/h8-15H,7H2,1-6H3;. The molecule has 0 aliphatic carbocycles. The fourth-order valence-corrected chi connectivity index (χ4v) is 2.83. The summed E-state index contributed by atoms with van der Waals surface area (Å²) in [7, 11) is 0. The summed E-state index contributed by atoms with van der Waals surface area (Å²) in [5.74, 6) is 0.950. The number of benzene rings is 1. The van der Waals surface area contributed by atoms with Gasteiger partial charge in [-0.25, -0.2) is 0 Å². The first-order valence-electron chi connectivity index (χ1n) is 8.15. The van der Waals surface area contributed by atoms with E-state index in [0.29, 0.717) is 17.9 Å². The zero-order valence-electron chi connectivity index (χ0n) is 14.5. The second kappa shape index (κ2) is 8.11. The fraction of sp³-hybridized carbons (Fsp3) is 0.526. The van der Waals surface area contributed by atoms with E-state index in [-0.39, 0.29) is 21.1 Å². The molecule has 0 amide bonds. The third-order valence-electron chi connectivity index (χ3n) is 4.15. The van der Waals surface area contributed by atoms with E-state index in [2.05, 4.69) is 76.6 Å². The van der Waals surface area contributed by atoms with Crippen LogP contribution in [0.25, 0.3) is 11.1 Å². The van der Waals surface area contributed by atoms with E-state index in [9.17, 15) is 0 Å². The summed E-state index contributed by atoms with van der Waals surface area (Å²) in [6, 6.07) is 11.1. The van der Waals surface area contributed by atoms with Gasteiger partial charge >= 0.3 is 0 Å². The summed E-state index contributed by atoms with van der Waals surface area (Å²) in [5.41, 5.74) is 5.27. The van der Waals surface area contributed by atoms with Crippen molar-refractivity contribution in [2.75, 3.05) is 0 Å². The zero-order valence-corrected chi connectivity index (χ0v) is 16.8. The molecule has 2 rings (SSSR count). The molecule has 0 fully saturated rings. The number of nitrogens with zero attached hydrogens (tertiary/aromatic N) is 2. The van der Waals surface area contributed by atoms with Crippen LogP contribution in [0.2, 0.25) is 0 Å². The van der Waals surface area contributed by atoms with E-state index >= 15 is 0 Å². The Labute approximate surface area is 149 Å². The van der Waals surface area contributed by atoms with Crippen molar-refractivity contribution in [3.05, 3.63) is 41.7 Å². The number of aromatic nitrogens is 2. The molecule has 2 aromatic rings. The molecule has 22 heavy (non-hydrogen) atoms. The van der Waals surface area contributed by atoms with Crippen molar-refractivity contribution >= 4 is 0 Å².